The smallest absolute Gasteiger partial charge is 0.319 e. The van der Waals surface area contributed by atoms with Crippen LogP contribution in [0.1, 0.15) is 5.56 Å². The molecule has 0 aliphatic carbocycles. The Morgan fingerprint density at radius 3 is 2.52 bits per heavy atom. The van der Waals surface area contributed by atoms with Gasteiger partial charge in [0.2, 0.25) is 0 Å². The third kappa shape index (κ3) is 6.65. The Morgan fingerprint density at radius 2 is 1.79 bits per heavy atom. The molecule has 0 saturated carbocycles. The molecule has 0 atom stereocenters. The number of thioether (sulfide) groups is 1. The Bertz CT molecular complexity index is 932. The number of carbonyl (C=O) groups is 1. The lowest BCUT2D eigenvalue weighted by Crippen LogP contribution is -2.32. The maximum atomic E-state index is 12.0. The molecule has 0 fully saturated rings. The first-order valence-corrected chi connectivity index (χ1v) is 10.3. The molecule has 0 aliphatic rings. The van der Waals surface area contributed by atoms with Gasteiger partial charge in [-0.1, -0.05) is 12.1 Å². The van der Waals surface area contributed by atoms with Crippen LogP contribution in [0.25, 0.3) is 0 Å². The second-order valence-corrected chi connectivity index (χ2v) is 7.07. The number of hydrogen-bond donors (Lipinski definition) is 4. The van der Waals surface area contributed by atoms with Gasteiger partial charge in [0.05, 0.1) is 0 Å². The molecule has 0 bridgehead atoms. The lowest BCUT2D eigenvalue weighted by Gasteiger charge is -2.10. The van der Waals surface area contributed by atoms with E-state index in [0.717, 1.165) is 16.1 Å². The molecular weight excluding hydrogens is 386 g/mol. The Morgan fingerprint density at radius 1 is 1.00 bits per heavy atom. The molecule has 0 unspecified atom stereocenters. The molecule has 0 radical (unpaired) electrons. The minimum atomic E-state index is -0.249. The lowest BCUT2D eigenvalue weighted by molar-refractivity contribution is 0.252. The molecule has 4 N–H and O–H groups in total. The molecule has 2 aromatic heterocycles. The molecule has 0 aliphatic heterocycles. The standard InChI is InChI=1S/C20H23N7OS/c1-14-6-7-17(23-13-14)25-19-9-8-18(26-27-19)21-10-11-22-20(28)24-15-4-3-5-16(12-15)29-2/h3-9,12-13H,10-11H2,1-2H3,(H,21,26)(H2,22,24,28)(H,23,25,27). The molecule has 2 heterocycles. The Kier molecular flexibility index (Phi) is 7.23. The van der Waals surface area contributed by atoms with Crippen LogP contribution in [0.2, 0.25) is 0 Å². The second kappa shape index (κ2) is 10.3. The molecule has 8 nitrogen and oxygen atoms in total. The monoisotopic (exact) mass is 409 g/mol. The average molecular weight is 410 g/mol. The largest absolute Gasteiger partial charge is 0.367 e. The van der Waals surface area contributed by atoms with Crippen LogP contribution in [0, 0.1) is 6.92 Å². The topological polar surface area (TPSA) is 104 Å². The number of hydrogen-bond acceptors (Lipinski definition) is 7. The van der Waals surface area contributed by atoms with E-state index < -0.39 is 0 Å². The Labute approximate surface area is 173 Å². The first kappa shape index (κ1) is 20.4. The van der Waals surface area contributed by atoms with E-state index in [1.54, 1.807) is 18.0 Å². The lowest BCUT2D eigenvalue weighted by atomic mass is 10.3. The summed E-state index contributed by atoms with van der Waals surface area (Å²) < 4.78 is 0. The Balaban J connectivity index is 1.38. The Hall–Kier alpha value is -3.33. The van der Waals surface area contributed by atoms with Gasteiger partial charge in [-0.3, -0.25) is 0 Å². The van der Waals surface area contributed by atoms with Gasteiger partial charge in [0.15, 0.2) is 5.82 Å². The summed E-state index contributed by atoms with van der Waals surface area (Å²) in [6, 6.07) is 14.9. The van der Waals surface area contributed by atoms with E-state index in [0.29, 0.717) is 30.5 Å². The predicted octanol–water partition coefficient (Wildman–Crippen LogP) is 3.88. The van der Waals surface area contributed by atoms with Gasteiger partial charge in [0.25, 0.3) is 0 Å². The second-order valence-electron chi connectivity index (χ2n) is 6.19. The van der Waals surface area contributed by atoms with Gasteiger partial charge in [-0.2, -0.15) is 0 Å². The highest BCUT2D eigenvalue weighted by Gasteiger charge is 2.03. The van der Waals surface area contributed by atoms with Gasteiger partial charge in [-0.25, -0.2) is 9.78 Å². The number of aryl methyl sites for hydroxylation is 1. The van der Waals surface area contributed by atoms with Gasteiger partial charge in [0, 0.05) is 29.9 Å². The van der Waals surface area contributed by atoms with Gasteiger partial charge in [0.1, 0.15) is 11.6 Å². The summed E-state index contributed by atoms with van der Waals surface area (Å²) in [4.78, 5) is 17.3. The van der Waals surface area contributed by atoms with E-state index in [1.165, 1.54) is 0 Å². The van der Waals surface area contributed by atoms with Gasteiger partial charge in [-0.15, -0.1) is 22.0 Å². The van der Waals surface area contributed by atoms with Crippen LogP contribution in [0.3, 0.4) is 0 Å². The number of urea groups is 1. The van der Waals surface area contributed by atoms with Crippen molar-refractivity contribution in [2.24, 2.45) is 0 Å². The highest BCUT2D eigenvalue weighted by atomic mass is 32.2. The SMILES string of the molecule is CSc1cccc(NC(=O)NCCNc2ccc(Nc3ccc(C)cn3)nn2)c1. The van der Waals surface area contributed by atoms with E-state index in [9.17, 15) is 4.79 Å². The van der Waals surface area contributed by atoms with Crippen LogP contribution in [0.15, 0.2) is 59.6 Å². The number of anilines is 4. The van der Waals surface area contributed by atoms with Crippen molar-refractivity contribution in [3.05, 3.63) is 60.3 Å². The zero-order chi connectivity index (χ0) is 20.5. The number of carbonyl (C=O) groups excluding carboxylic acids is 1. The quantitative estimate of drug-likeness (QED) is 0.331. The molecule has 1 aromatic carbocycles. The van der Waals surface area contributed by atoms with Crippen molar-refractivity contribution < 1.29 is 4.79 Å². The molecule has 150 valence electrons. The summed E-state index contributed by atoms with van der Waals surface area (Å²) in [6.07, 6.45) is 3.78. The maximum Gasteiger partial charge on any atom is 0.319 e. The molecule has 0 spiro atoms. The number of benzene rings is 1. The number of pyridine rings is 1. The van der Waals surface area contributed by atoms with Crippen molar-refractivity contribution in [1.82, 2.24) is 20.5 Å². The summed E-state index contributed by atoms with van der Waals surface area (Å²) in [7, 11) is 0. The van der Waals surface area contributed by atoms with E-state index in [-0.39, 0.29) is 6.03 Å². The van der Waals surface area contributed by atoms with Gasteiger partial charge >= 0.3 is 6.03 Å². The third-order valence-electron chi connectivity index (χ3n) is 3.88. The first-order chi connectivity index (χ1) is 14.1. The molecule has 0 saturated heterocycles. The zero-order valence-electron chi connectivity index (χ0n) is 16.3. The summed E-state index contributed by atoms with van der Waals surface area (Å²) >= 11 is 1.63. The number of nitrogens with one attached hydrogen (secondary N) is 4. The van der Waals surface area contributed by atoms with Crippen LogP contribution in [0.4, 0.5) is 27.9 Å². The maximum absolute atomic E-state index is 12.0. The van der Waals surface area contributed by atoms with Crippen LogP contribution >= 0.6 is 11.8 Å². The van der Waals surface area contributed by atoms with Crippen LogP contribution in [-0.4, -0.2) is 40.6 Å². The summed E-state index contributed by atoms with van der Waals surface area (Å²) in [5, 5.41) is 20.1. The first-order valence-electron chi connectivity index (χ1n) is 9.08. The van der Waals surface area contributed by atoms with E-state index in [2.05, 4.69) is 36.4 Å². The molecule has 9 heteroatoms. The fraction of sp³-hybridized carbons (Fsp3) is 0.200. The highest BCUT2D eigenvalue weighted by molar-refractivity contribution is 7.98. The van der Waals surface area contributed by atoms with Crippen molar-refractivity contribution in [3.8, 4) is 0 Å². The van der Waals surface area contributed by atoms with Crippen LogP contribution in [-0.2, 0) is 0 Å². The zero-order valence-corrected chi connectivity index (χ0v) is 17.1. The number of amides is 2. The average Bonchev–Trinajstić information content (AvgIpc) is 2.74. The fourth-order valence-corrected chi connectivity index (χ4v) is 2.87. The number of nitrogens with zero attached hydrogens (tertiary/aromatic N) is 3. The normalized spacial score (nSPS) is 10.3. The minimum absolute atomic E-state index is 0.249. The van der Waals surface area contributed by atoms with Crippen molar-refractivity contribution in [3.63, 3.8) is 0 Å². The third-order valence-corrected chi connectivity index (χ3v) is 4.60. The van der Waals surface area contributed by atoms with Crippen LogP contribution < -0.4 is 21.3 Å². The van der Waals surface area contributed by atoms with Gasteiger partial charge < -0.3 is 21.3 Å². The van der Waals surface area contributed by atoms with Crippen molar-refractivity contribution in [1.29, 1.82) is 0 Å². The summed E-state index contributed by atoms with van der Waals surface area (Å²) in [6.45, 7) is 2.96. The molecule has 3 aromatic rings. The molecule has 3 rings (SSSR count). The molecule has 29 heavy (non-hydrogen) atoms. The van der Waals surface area contributed by atoms with Crippen molar-refractivity contribution in [2.45, 2.75) is 11.8 Å². The minimum Gasteiger partial charge on any atom is -0.367 e. The van der Waals surface area contributed by atoms with E-state index in [1.807, 2.05) is 61.7 Å². The highest BCUT2D eigenvalue weighted by Crippen LogP contribution is 2.18. The van der Waals surface area contributed by atoms with Crippen molar-refractivity contribution in [2.75, 3.05) is 35.3 Å². The fourth-order valence-electron chi connectivity index (χ4n) is 2.41. The van der Waals surface area contributed by atoms with Gasteiger partial charge in [-0.05, 0) is 55.1 Å². The van der Waals surface area contributed by atoms with Crippen molar-refractivity contribution >= 4 is 40.9 Å². The summed E-state index contributed by atoms with van der Waals surface area (Å²) in [5.41, 5.74) is 1.86. The van der Waals surface area contributed by atoms with Crippen LogP contribution in [0.5, 0.6) is 0 Å². The number of rotatable bonds is 8. The van der Waals surface area contributed by atoms with E-state index >= 15 is 0 Å². The summed E-state index contributed by atoms with van der Waals surface area (Å²) in [5.74, 6) is 1.95. The predicted molar refractivity (Wildman–Crippen MR) is 118 cm³/mol. The molecule has 2 amide bonds. The number of aromatic nitrogens is 3. The van der Waals surface area contributed by atoms with E-state index in [4.69, 9.17) is 0 Å². The molecular formula is C20H23N7OS.